The third-order valence-corrected chi connectivity index (χ3v) is 6.10. The Hall–Kier alpha value is -3.98. The van der Waals surface area contributed by atoms with Gasteiger partial charge in [-0.1, -0.05) is 18.2 Å². The molecular weight excluding hydrogens is 438 g/mol. The number of aromatic nitrogens is 3. The number of aryl methyl sites for hydroxylation is 1. The minimum Gasteiger partial charge on any atom is -0.308 e. The predicted octanol–water partition coefficient (Wildman–Crippen LogP) is 4.68. The van der Waals surface area contributed by atoms with E-state index in [-0.39, 0.29) is 4.90 Å². The SMILES string of the molecule is CCn1cc(-c2cccc(NC(=O)Nc3cccc(S(C)(=O)=O)c3)c2)c(-c2ccncc2)n1. The van der Waals surface area contributed by atoms with Crippen molar-refractivity contribution in [1.29, 1.82) is 0 Å². The lowest BCUT2D eigenvalue weighted by Crippen LogP contribution is -2.19. The molecule has 0 bridgehead atoms. The first-order valence-corrected chi connectivity index (χ1v) is 12.2. The molecule has 0 aliphatic rings. The summed E-state index contributed by atoms with van der Waals surface area (Å²) in [4.78, 5) is 16.8. The Kier molecular flexibility index (Phi) is 6.23. The molecule has 2 heterocycles. The van der Waals surface area contributed by atoms with Gasteiger partial charge >= 0.3 is 6.03 Å². The lowest BCUT2D eigenvalue weighted by molar-refractivity contribution is 0.262. The summed E-state index contributed by atoms with van der Waals surface area (Å²) in [6, 6.07) is 16.9. The molecule has 9 heteroatoms. The van der Waals surface area contributed by atoms with Crippen molar-refractivity contribution in [1.82, 2.24) is 14.8 Å². The molecule has 0 unspecified atom stereocenters. The van der Waals surface area contributed by atoms with Gasteiger partial charge in [-0.25, -0.2) is 13.2 Å². The summed E-state index contributed by atoms with van der Waals surface area (Å²) < 4.78 is 25.4. The number of urea groups is 1. The first kappa shape index (κ1) is 22.2. The van der Waals surface area contributed by atoms with E-state index in [0.29, 0.717) is 11.4 Å². The Labute approximate surface area is 192 Å². The highest BCUT2D eigenvalue weighted by molar-refractivity contribution is 7.90. The van der Waals surface area contributed by atoms with Crippen LogP contribution in [0.1, 0.15) is 6.92 Å². The smallest absolute Gasteiger partial charge is 0.308 e. The van der Waals surface area contributed by atoms with Gasteiger partial charge in [-0.05, 0) is 55.0 Å². The van der Waals surface area contributed by atoms with Crippen LogP contribution < -0.4 is 10.6 Å². The molecule has 0 aliphatic carbocycles. The highest BCUT2D eigenvalue weighted by Crippen LogP contribution is 2.32. The van der Waals surface area contributed by atoms with E-state index in [1.807, 2.05) is 48.1 Å². The minimum atomic E-state index is -3.37. The fourth-order valence-electron chi connectivity index (χ4n) is 3.38. The Bertz CT molecular complexity index is 1400. The van der Waals surface area contributed by atoms with E-state index in [4.69, 9.17) is 0 Å². The predicted molar refractivity (Wildman–Crippen MR) is 129 cm³/mol. The van der Waals surface area contributed by atoms with Gasteiger partial charge in [-0.15, -0.1) is 0 Å². The van der Waals surface area contributed by atoms with E-state index in [0.717, 1.165) is 35.2 Å². The second kappa shape index (κ2) is 9.25. The number of pyridine rings is 1. The first-order valence-electron chi connectivity index (χ1n) is 10.3. The topological polar surface area (TPSA) is 106 Å². The Morgan fingerprint density at radius 3 is 2.27 bits per heavy atom. The molecule has 2 N–H and O–H groups in total. The second-order valence-corrected chi connectivity index (χ2v) is 9.46. The van der Waals surface area contributed by atoms with E-state index >= 15 is 0 Å². The summed E-state index contributed by atoms with van der Waals surface area (Å²) in [7, 11) is -3.37. The second-order valence-electron chi connectivity index (χ2n) is 7.44. The van der Waals surface area contributed by atoms with Crippen molar-refractivity contribution in [3.8, 4) is 22.4 Å². The zero-order chi connectivity index (χ0) is 23.4. The number of hydrogen-bond donors (Lipinski definition) is 2. The van der Waals surface area contributed by atoms with Crippen LogP contribution in [-0.2, 0) is 16.4 Å². The largest absolute Gasteiger partial charge is 0.323 e. The third-order valence-electron chi connectivity index (χ3n) is 4.99. The maximum absolute atomic E-state index is 12.5. The van der Waals surface area contributed by atoms with Crippen LogP contribution in [0, 0.1) is 0 Å². The molecule has 0 fully saturated rings. The van der Waals surface area contributed by atoms with Crippen molar-refractivity contribution in [2.24, 2.45) is 0 Å². The van der Waals surface area contributed by atoms with Gasteiger partial charge in [0.05, 0.1) is 4.90 Å². The molecule has 2 amide bonds. The molecule has 33 heavy (non-hydrogen) atoms. The van der Waals surface area contributed by atoms with Crippen LogP contribution in [0.4, 0.5) is 16.2 Å². The monoisotopic (exact) mass is 461 g/mol. The summed E-state index contributed by atoms with van der Waals surface area (Å²) in [5, 5.41) is 10.2. The number of rotatable bonds is 6. The number of sulfone groups is 1. The molecule has 2 aromatic heterocycles. The quantitative estimate of drug-likeness (QED) is 0.434. The average Bonchev–Trinajstić information content (AvgIpc) is 3.24. The number of nitrogens with one attached hydrogen (secondary N) is 2. The van der Waals surface area contributed by atoms with E-state index < -0.39 is 15.9 Å². The summed E-state index contributed by atoms with van der Waals surface area (Å²) in [6.45, 7) is 2.75. The zero-order valence-corrected chi connectivity index (χ0v) is 19.0. The lowest BCUT2D eigenvalue weighted by atomic mass is 10.0. The summed E-state index contributed by atoms with van der Waals surface area (Å²) in [6.07, 6.45) is 6.56. The molecule has 0 radical (unpaired) electrons. The van der Waals surface area contributed by atoms with Crippen LogP contribution in [0.2, 0.25) is 0 Å². The average molecular weight is 462 g/mol. The maximum atomic E-state index is 12.5. The number of carbonyl (C=O) groups is 1. The molecule has 2 aromatic carbocycles. The van der Waals surface area contributed by atoms with Crippen molar-refractivity contribution in [3.05, 3.63) is 79.3 Å². The molecule has 4 aromatic rings. The van der Waals surface area contributed by atoms with Gasteiger partial charge < -0.3 is 10.6 Å². The Balaban J connectivity index is 1.57. The fourth-order valence-corrected chi connectivity index (χ4v) is 4.05. The van der Waals surface area contributed by atoms with Crippen LogP contribution in [0.5, 0.6) is 0 Å². The number of benzene rings is 2. The number of hydrogen-bond acceptors (Lipinski definition) is 5. The molecule has 168 valence electrons. The van der Waals surface area contributed by atoms with Crippen molar-refractivity contribution in [2.45, 2.75) is 18.4 Å². The highest BCUT2D eigenvalue weighted by atomic mass is 32.2. The van der Waals surface area contributed by atoms with Crippen molar-refractivity contribution < 1.29 is 13.2 Å². The summed E-state index contributed by atoms with van der Waals surface area (Å²) in [5.41, 5.74) is 4.60. The van der Waals surface area contributed by atoms with Crippen LogP contribution in [-0.4, -0.2) is 35.5 Å². The number of amides is 2. The van der Waals surface area contributed by atoms with Gasteiger partial charge in [0.25, 0.3) is 0 Å². The van der Waals surface area contributed by atoms with Gasteiger partial charge in [-0.2, -0.15) is 5.10 Å². The molecular formula is C24H23N5O3S. The van der Waals surface area contributed by atoms with Gasteiger partial charge in [-0.3, -0.25) is 9.67 Å². The number of nitrogens with zero attached hydrogens (tertiary/aromatic N) is 3. The van der Waals surface area contributed by atoms with Crippen LogP contribution in [0.3, 0.4) is 0 Å². The number of carbonyl (C=O) groups excluding carboxylic acids is 1. The van der Waals surface area contributed by atoms with E-state index in [1.165, 1.54) is 12.1 Å². The van der Waals surface area contributed by atoms with Crippen LogP contribution >= 0.6 is 0 Å². The molecule has 0 saturated heterocycles. The highest BCUT2D eigenvalue weighted by Gasteiger charge is 2.14. The summed E-state index contributed by atoms with van der Waals surface area (Å²) >= 11 is 0. The summed E-state index contributed by atoms with van der Waals surface area (Å²) in [5.74, 6) is 0. The van der Waals surface area contributed by atoms with Gasteiger partial charge in [0, 0.05) is 53.9 Å². The molecule has 0 spiro atoms. The van der Waals surface area contributed by atoms with E-state index in [9.17, 15) is 13.2 Å². The maximum Gasteiger partial charge on any atom is 0.323 e. The van der Waals surface area contributed by atoms with E-state index in [2.05, 4.69) is 20.7 Å². The first-order chi connectivity index (χ1) is 15.8. The molecule has 0 atom stereocenters. The van der Waals surface area contributed by atoms with Gasteiger partial charge in [0.2, 0.25) is 0 Å². The lowest BCUT2D eigenvalue weighted by Gasteiger charge is -2.10. The molecule has 0 aliphatic heterocycles. The van der Waals surface area contributed by atoms with Crippen LogP contribution in [0.25, 0.3) is 22.4 Å². The van der Waals surface area contributed by atoms with Gasteiger partial charge in [0.1, 0.15) is 5.69 Å². The molecule has 8 nitrogen and oxygen atoms in total. The van der Waals surface area contributed by atoms with E-state index in [1.54, 1.807) is 30.6 Å². The third kappa shape index (κ3) is 5.27. The molecule has 4 rings (SSSR count). The van der Waals surface area contributed by atoms with Crippen LogP contribution in [0.15, 0.2) is 84.1 Å². The zero-order valence-electron chi connectivity index (χ0n) is 18.2. The van der Waals surface area contributed by atoms with Crippen molar-refractivity contribution >= 4 is 27.2 Å². The standard InChI is InChI=1S/C24H23N5O3S/c1-3-29-16-22(23(28-29)17-10-12-25-13-11-17)18-6-4-7-19(14-18)26-24(30)27-20-8-5-9-21(15-20)33(2,31)32/h4-16H,3H2,1-2H3,(H2,26,27,30). The minimum absolute atomic E-state index is 0.138. The van der Waals surface area contributed by atoms with Crippen molar-refractivity contribution in [3.63, 3.8) is 0 Å². The van der Waals surface area contributed by atoms with Gasteiger partial charge in [0.15, 0.2) is 9.84 Å². The number of anilines is 2. The fraction of sp³-hybridized carbons (Fsp3) is 0.125. The normalized spacial score (nSPS) is 11.2. The molecule has 0 saturated carbocycles. The van der Waals surface area contributed by atoms with Crippen molar-refractivity contribution in [2.75, 3.05) is 16.9 Å². The Morgan fingerprint density at radius 1 is 0.939 bits per heavy atom. The Morgan fingerprint density at radius 2 is 1.61 bits per heavy atom.